The Kier molecular flexibility index (Phi) is 27.5. The van der Waals surface area contributed by atoms with E-state index in [4.69, 9.17) is 186 Å². The van der Waals surface area contributed by atoms with Crippen molar-refractivity contribution in [2.45, 2.75) is 159 Å². The number of hydrogen-bond acceptors (Lipinski definition) is 27. The van der Waals surface area contributed by atoms with Gasteiger partial charge in [0, 0.05) is 55.4 Å². The van der Waals surface area contributed by atoms with E-state index in [-0.39, 0.29) is 0 Å². The lowest BCUT2D eigenvalue weighted by atomic mass is 9.94. The van der Waals surface area contributed by atoms with E-state index in [0.717, 1.165) is 55.4 Å². The van der Waals surface area contributed by atoms with Crippen LogP contribution in [0.3, 0.4) is 0 Å². The van der Waals surface area contributed by atoms with Gasteiger partial charge in [0.1, 0.15) is 69.5 Å². The van der Waals surface area contributed by atoms with Crippen LogP contribution in [0.4, 0.5) is 9.59 Å². The maximum absolute atomic E-state index is 13.6. The van der Waals surface area contributed by atoms with Gasteiger partial charge in [-0.15, -0.1) is 0 Å². The van der Waals surface area contributed by atoms with Gasteiger partial charge in [-0.25, -0.2) is 9.59 Å². The van der Waals surface area contributed by atoms with Gasteiger partial charge in [0.15, 0.2) is 49.2 Å². The first-order valence-corrected chi connectivity index (χ1v) is 26.1. The molecule has 0 spiro atoms. The van der Waals surface area contributed by atoms with E-state index >= 15 is 0 Å². The third kappa shape index (κ3) is 23.8. The van der Waals surface area contributed by atoms with Gasteiger partial charge in [0.2, 0.25) is 19.8 Å². The molecule has 0 radical (unpaired) electrons. The Bertz CT molecular complexity index is 2250. The van der Waals surface area contributed by atoms with Gasteiger partial charge in [-0.05, 0) is 0 Å². The van der Waals surface area contributed by atoms with Gasteiger partial charge in [-0.3, -0.25) is 43.8 Å². The maximum Gasteiger partial charge on any atom is 0.407 e. The zero-order valence-corrected chi connectivity index (χ0v) is 49.5. The highest BCUT2D eigenvalue weighted by Crippen LogP contribution is 2.39. The fourth-order valence-electron chi connectivity index (χ4n) is 7.43. The predicted octanol–water partition coefficient (Wildman–Crippen LogP) is 3.57. The third-order valence-corrected chi connectivity index (χ3v) is 11.3. The lowest BCUT2D eigenvalue weighted by Gasteiger charge is -2.51. The Hall–Kier alpha value is -3.82. The molecule has 3 rings (SSSR count). The second-order valence-electron chi connectivity index (χ2n) is 16.8. The Morgan fingerprint density at radius 1 is 0.388 bits per heavy atom. The van der Waals surface area contributed by atoms with Crippen LogP contribution in [-0.4, -0.2) is 202 Å². The first-order valence-electron chi connectivity index (χ1n) is 22.7. The van der Waals surface area contributed by atoms with Crippen molar-refractivity contribution < 1.29 is 124 Å². The van der Waals surface area contributed by atoms with Crippen LogP contribution in [0.5, 0.6) is 0 Å². The smallest absolute Gasteiger partial charge is 0.407 e. The van der Waals surface area contributed by atoms with Gasteiger partial charge in [0.05, 0.1) is 0 Å². The predicted molar refractivity (Wildman–Crippen MR) is 270 cm³/mol. The summed E-state index contributed by atoms with van der Waals surface area (Å²) in [5.74, 6) is -9.59. The second kappa shape index (κ2) is 31.2. The van der Waals surface area contributed by atoms with E-state index in [9.17, 15) is 47.9 Å². The number of carbonyl (C=O) groups excluding carboxylic acids is 10. The molecule has 3 saturated heterocycles. The zero-order chi connectivity index (χ0) is 60.8. The molecule has 3 fully saturated rings. The summed E-state index contributed by atoms with van der Waals surface area (Å²) in [6, 6.07) is -4.01. The zero-order valence-electron chi connectivity index (χ0n) is 42.7. The highest BCUT2D eigenvalue weighted by Gasteiger charge is 2.60. The van der Waals surface area contributed by atoms with Crippen LogP contribution in [0.2, 0.25) is 0 Å². The van der Waals surface area contributed by atoms with Gasteiger partial charge in [-0.2, -0.15) is 0 Å². The van der Waals surface area contributed by atoms with E-state index in [1.165, 1.54) is 0 Å². The quantitative estimate of drug-likeness (QED) is 0.0515. The summed E-state index contributed by atoms with van der Waals surface area (Å²) in [4.78, 5) is 128. The van der Waals surface area contributed by atoms with Crippen molar-refractivity contribution in [1.29, 1.82) is 5.41 Å². The summed E-state index contributed by atoms with van der Waals surface area (Å²) in [6.45, 7) is 2.99. The molecule has 15 atom stereocenters. The Morgan fingerprint density at radius 3 is 1.00 bits per heavy atom. The number of esters is 8. The largest absolute Gasteiger partial charge is 0.463 e. The van der Waals surface area contributed by atoms with E-state index in [2.05, 4.69) is 10.6 Å². The second-order valence-corrected chi connectivity index (χ2v) is 24.1. The molecule has 454 valence electrons. The first-order chi connectivity index (χ1) is 36.8. The monoisotopic (exact) mass is 1330 g/mol. The molecule has 3 N–H and O–H groups in total. The SMILES string of the molecule is CC(=O)OC[C@H]1O[C@H](OC(=N)C(Cl)(Cl)Cl)[C@@H](O[C@@H]2O[C@H](COC(C)=O)[C@@H](OC(C)=O)[C@H](OC(C)=O)[C@H]2NC(=O)OCC(Cl)(Cl)Cl)[C@@H](OC(C)=O)[C@@H]1O[C@@H]1O[C@H](COC(C)=O)[C@@H](OC(C)=O)[C@H](OC(C)=O)[C@H]1NC(=O)OCC(Cl)(Cl)Cl. The summed E-state index contributed by atoms with van der Waals surface area (Å²) in [5, 5.41) is 13.1. The fourth-order valence-corrected chi connectivity index (χ4v) is 7.89. The Morgan fingerprint density at radius 2 is 0.688 bits per heavy atom. The number of alkyl carbamates (subject to hydrolysis) is 2. The number of nitrogens with one attached hydrogen (secondary N) is 3. The summed E-state index contributed by atoms with van der Waals surface area (Å²) >= 11 is 53.0. The molecule has 29 nitrogen and oxygen atoms in total. The van der Waals surface area contributed by atoms with Crippen molar-refractivity contribution in [3.8, 4) is 0 Å². The minimum atomic E-state index is -2.74. The van der Waals surface area contributed by atoms with Crippen LogP contribution in [0.25, 0.3) is 0 Å². The average Bonchev–Trinajstić information content (AvgIpc) is 3.29. The number of rotatable bonds is 20. The molecule has 2 amide bonds. The topological polar surface area (TPSA) is 366 Å². The highest BCUT2D eigenvalue weighted by molar-refractivity contribution is 6.76. The molecule has 3 aliphatic rings. The fraction of sp³-hybridized carbons (Fsp3) is 0.738. The Labute approximate surface area is 499 Å². The van der Waals surface area contributed by atoms with Crippen molar-refractivity contribution in [3.63, 3.8) is 0 Å². The highest BCUT2D eigenvalue weighted by atomic mass is 35.6. The molecule has 0 aliphatic carbocycles. The normalized spacial score (nSPS) is 28.7. The number of hydrogen-bond donors (Lipinski definition) is 3. The third-order valence-electron chi connectivity index (χ3n) is 10.1. The average molecular weight is 1330 g/mol. The number of alkyl halides is 9. The lowest BCUT2D eigenvalue weighted by Crippen LogP contribution is -2.71. The Balaban J connectivity index is 2.49. The minimum absolute atomic E-state index is 0.814. The summed E-state index contributed by atoms with van der Waals surface area (Å²) in [7, 11) is 0. The molecule has 0 saturated carbocycles. The molecule has 0 aromatic heterocycles. The van der Waals surface area contributed by atoms with E-state index in [1.807, 2.05) is 0 Å². The molecule has 80 heavy (non-hydrogen) atoms. The van der Waals surface area contributed by atoms with E-state index in [0.29, 0.717) is 0 Å². The molecular formula is C42H52Cl9N3O26. The van der Waals surface area contributed by atoms with Crippen LogP contribution in [0.15, 0.2) is 0 Å². The minimum Gasteiger partial charge on any atom is -0.463 e. The van der Waals surface area contributed by atoms with Crippen molar-refractivity contribution in [1.82, 2.24) is 10.6 Å². The van der Waals surface area contributed by atoms with Gasteiger partial charge in [0.25, 0.3) is 3.79 Å². The molecule has 0 aromatic carbocycles. The van der Waals surface area contributed by atoms with Crippen LogP contribution in [0, 0.1) is 5.41 Å². The number of halogens is 9. The van der Waals surface area contributed by atoms with E-state index in [1.54, 1.807) is 0 Å². The summed E-state index contributed by atoms with van der Waals surface area (Å²) in [6.07, 6.45) is -29.2. The molecule has 0 unspecified atom stereocenters. The van der Waals surface area contributed by atoms with Crippen LogP contribution in [-0.2, 0) is 114 Å². The summed E-state index contributed by atoms with van der Waals surface area (Å²) < 4.78 is 83.8. The van der Waals surface area contributed by atoms with E-state index < -0.39 is 202 Å². The van der Waals surface area contributed by atoms with Crippen molar-refractivity contribution in [2.24, 2.45) is 0 Å². The maximum atomic E-state index is 13.6. The number of carbonyl (C=O) groups is 10. The van der Waals surface area contributed by atoms with Crippen LogP contribution >= 0.6 is 104 Å². The lowest BCUT2D eigenvalue weighted by molar-refractivity contribution is -0.368. The van der Waals surface area contributed by atoms with Crippen molar-refractivity contribution in [2.75, 3.05) is 33.0 Å². The molecule has 38 heteroatoms. The van der Waals surface area contributed by atoms with Gasteiger partial charge in [-0.1, -0.05) is 104 Å². The number of ether oxygens (including phenoxy) is 16. The van der Waals surface area contributed by atoms with Crippen molar-refractivity contribution in [3.05, 3.63) is 0 Å². The molecule has 3 heterocycles. The number of amides is 2. The summed E-state index contributed by atoms with van der Waals surface area (Å²) in [5.41, 5.74) is 0. The van der Waals surface area contributed by atoms with Gasteiger partial charge < -0.3 is 86.4 Å². The first kappa shape index (κ1) is 70.4. The standard InChI is InChI=1S/C42H52Cl9N3O26/c1-14(55)65-9-22-27(70-17(4)58)30(72-19(6)60)25(53-38(63)68-12-40(43,44)45)34(75-22)78-29-24(11-67-16(3)57)77-36(80-37(52)42(49,50)51)33(32(29)74-21(8)62)79-35-26(54-39(64)69-13-41(46,47)48)31(73-20(7)61)28(71-18(5)59)23(76-35)10-66-15(2)56/h22-36,52H,9-13H2,1-8H3,(H,53,63)(H,54,64)/t22-,23-,24-,25-,26-,27-,28-,29-,30-,31-,32+,33+,34+,35+,36-/m1/s1. The van der Waals surface area contributed by atoms with Crippen LogP contribution < -0.4 is 10.6 Å². The molecule has 3 aliphatic heterocycles. The van der Waals surface area contributed by atoms with Crippen LogP contribution in [0.1, 0.15) is 55.4 Å². The van der Waals surface area contributed by atoms with Crippen molar-refractivity contribution >= 4 is 170 Å². The molecule has 0 aromatic rings. The van der Waals surface area contributed by atoms with Gasteiger partial charge >= 0.3 is 59.9 Å². The molecular weight excluding hydrogens is 1280 g/mol. The molecule has 0 bridgehead atoms.